The van der Waals surface area contributed by atoms with E-state index in [0.29, 0.717) is 18.0 Å². The Morgan fingerprint density at radius 3 is 2.67 bits per heavy atom. The number of hydrogen-bond acceptors (Lipinski definition) is 3. The summed E-state index contributed by atoms with van der Waals surface area (Å²) in [6, 6.07) is 12.0. The quantitative estimate of drug-likeness (QED) is 0.654. The van der Waals surface area contributed by atoms with Crippen molar-refractivity contribution >= 4 is 17.8 Å². The third kappa shape index (κ3) is 4.03. The summed E-state index contributed by atoms with van der Waals surface area (Å²) in [5, 5.41) is 3.14. The average molecular weight is 322 g/mol. The molecule has 0 atom stereocenters. The molecule has 0 amide bonds. The maximum Gasteiger partial charge on any atom is 0.379 e. The highest BCUT2D eigenvalue weighted by atomic mass is 19.1. The first-order chi connectivity index (χ1) is 11.7. The summed E-state index contributed by atoms with van der Waals surface area (Å²) in [6.45, 7) is 0.484. The van der Waals surface area contributed by atoms with Crippen LogP contribution in [0.4, 0.5) is 4.39 Å². The summed E-state index contributed by atoms with van der Waals surface area (Å²) in [5.41, 5.74) is 3.30. The van der Waals surface area contributed by atoms with Gasteiger partial charge in [0.2, 0.25) is 5.71 Å². The predicted molar refractivity (Wildman–Crippen MR) is 92.1 cm³/mol. The maximum absolute atomic E-state index is 12.9. The minimum Gasteiger partial charge on any atom is -0.298 e. The summed E-state index contributed by atoms with van der Waals surface area (Å²) in [7, 11) is 0. The second-order valence-corrected chi connectivity index (χ2v) is 5.47. The number of pyridine rings is 1. The molecule has 0 spiro atoms. The lowest BCUT2D eigenvalue weighted by Crippen LogP contribution is -2.26. The van der Waals surface area contributed by atoms with Crippen molar-refractivity contribution in [3.63, 3.8) is 0 Å². The number of carbonyl (C=O) groups excluding carboxylic acids is 1. The molecular formula is C19H17FN3O+. The minimum atomic E-state index is -0.268. The van der Waals surface area contributed by atoms with Gasteiger partial charge in [0.05, 0.1) is 0 Å². The van der Waals surface area contributed by atoms with Crippen molar-refractivity contribution in [2.45, 2.75) is 19.4 Å². The number of allylic oxidation sites excluding steroid dienone is 1. The molecule has 120 valence electrons. The molecule has 1 aliphatic rings. The lowest BCUT2D eigenvalue weighted by molar-refractivity contribution is -0.104. The first-order valence-corrected chi connectivity index (χ1v) is 7.74. The van der Waals surface area contributed by atoms with Crippen LogP contribution in [0.2, 0.25) is 0 Å². The van der Waals surface area contributed by atoms with Crippen LogP contribution in [0.15, 0.2) is 60.3 Å². The first kappa shape index (κ1) is 15.8. The van der Waals surface area contributed by atoms with E-state index in [2.05, 4.69) is 15.0 Å². The highest BCUT2D eigenvalue weighted by Gasteiger charge is 2.23. The monoisotopic (exact) mass is 322 g/mol. The van der Waals surface area contributed by atoms with Crippen molar-refractivity contribution in [2.75, 3.05) is 0 Å². The number of aldehydes is 1. The minimum absolute atomic E-state index is 0.268. The van der Waals surface area contributed by atoms with Gasteiger partial charge in [-0.3, -0.25) is 15.1 Å². The SMILES string of the molecule is O=CC1=CC(CCc2ccccn2)=[N+]=C1NCc1ccc(F)cc1. The van der Waals surface area contributed by atoms with Gasteiger partial charge in [-0.05, 0) is 36.2 Å². The number of aryl methyl sites for hydroxylation is 1. The average Bonchev–Trinajstić information content (AvgIpc) is 3.03. The zero-order chi connectivity index (χ0) is 16.8. The van der Waals surface area contributed by atoms with E-state index in [1.54, 1.807) is 24.4 Å². The van der Waals surface area contributed by atoms with Gasteiger partial charge < -0.3 is 0 Å². The van der Waals surface area contributed by atoms with Gasteiger partial charge in [0, 0.05) is 24.4 Å². The molecule has 2 heterocycles. The number of nitrogens with zero attached hydrogens (tertiary/aromatic N) is 2. The number of carbonyl (C=O) groups is 1. The molecule has 0 fully saturated rings. The van der Waals surface area contributed by atoms with Gasteiger partial charge in [-0.1, -0.05) is 18.2 Å². The Bertz CT molecular complexity index is 819. The smallest absolute Gasteiger partial charge is 0.298 e. The molecule has 3 rings (SSSR count). The van der Waals surface area contributed by atoms with E-state index in [1.165, 1.54) is 12.1 Å². The van der Waals surface area contributed by atoms with Crippen molar-refractivity contribution < 1.29 is 9.18 Å². The summed E-state index contributed by atoms with van der Waals surface area (Å²) in [5.74, 6) is 0.293. The first-order valence-electron chi connectivity index (χ1n) is 7.74. The van der Waals surface area contributed by atoms with Crippen LogP contribution in [0.1, 0.15) is 17.7 Å². The molecular weight excluding hydrogens is 305 g/mol. The summed E-state index contributed by atoms with van der Waals surface area (Å²) < 4.78 is 17.4. The number of halogens is 1. The van der Waals surface area contributed by atoms with Crippen LogP contribution in [0.3, 0.4) is 0 Å². The van der Waals surface area contributed by atoms with Crippen molar-refractivity contribution in [2.24, 2.45) is 0 Å². The summed E-state index contributed by atoms with van der Waals surface area (Å²) in [6.07, 6.45) is 5.84. The third-order valence-corrected chi connectivity index (χ3v) is 3.71. The molecule has 0 aliphatic carbocycles. The third-order valence-electron chi connectivity index (χ3n) is 3.71. The van der Waals surface area contributed by atoms with Crippen molar-refractivity contribution in [3.8, 4) is 0 Å². The molecule has 2 aromatic rings. The number of hydrogen-bond donors (Lipinski definition) is 1. The van der Waals surface area contributed by atoms with Gasteiger partial charge in [-0.25, -0.2) is 9.06 Å². The van der Waals surface area contributed by atoms with Crippen LogP contribution in [-0.2, 0) is 17.8 Å². The molecule has 0 radical (unpaired) electrons. The highest BCUT2D eigenvalue weighted by molar-refractivity contribution is 6.22. The summed E-state index contributed by atoms with van der Waals surface area (Å²) >= 11 is 0. The van der Waals surface area contributed by atoms with Gasteiger partial charge in [0.15, 0.2) is 6.29 Å². The fourth-order valence-electron chi connectivity index (χ4n) is 2.44. The second kappa shape index (κ2) is 7.49. The Morgan fingerprint density at radius 2 is 1.96 bits per heavy atom. The lowest BCUT2D eigenvalue weighted by atomic mass is 10.1. The number of nitrogens with one attached hydrogen (secondary N) is 1. The van der Waals surface area contributed by atoms with E-state index < -0.39 is 0 Å². The van der Waals surface area contributed by atoms with Gasteiger partial charge >= 0.3 is 5.84 Å². The van der Waals surface area contributed by atoms with E-state index >= 15 is 0 Å². The number of rotatable bonds is 6. The molecule has 0 saturated heterocycles. The van der Waals surface area contributed by atoms with Gasteiger partial charge in [0.1, 0.15) is 17.9 Å². The van der Waals surface area contributed by atoms with Crippen LogP contribution in [0.25, 0.3) is 0 Å². The Balaban J connectivity index is 1.65. The Labute approximate surface area is 139 Å². The molecule has 0 bridgehead atoms. The van der Waals surface area contributed by atoms with Crippen molar-refractivity contribution in [1.29, 1.82) is 0 Å². The topological polar surface area (TPSA) is 56.1 Å². The zero-order valence-electron chi connectivity index (χ0n) is 13.1. The number of aromatic nitrogens is 1. The Morgan fingerprint density at radius 1 is 1.12 bits per heavy atom. The van der Waals surface area contributed by atoms with Gasteiger partial charge in [-0.15, -0.1) is 0 Å². The molecule has 1 aromatic heterocycles. The van der Waals surface area contributed by atoms with Crippen molar-refractivity contribution in [1.82, 2.24) is 15.0 Å². The maximum atomic E-state index is 12.9. The van der Waals surface area contributed by atoms with Crippen LogP contribution < -0.4 is 9.98 Å². The lowest BCUT2D eigenvalue weighted by Gasteiger charge is -1.98. The standard InChI is InChI=1S/C19H16FN3O/c20-16-6-4-14(5-7-16)12-22-19-15(13-24)11-18(23-19)9-8-17-3-1-2-10-21-17/h1-7,10-11,13H,8-9,12H2/p+1. The Hall–Kier alpha value is -3.04. The van der Waals surface area contributed by atoms with Gasteiger partial charge in [-0.2, -0.15) is 0 Å². The van der Waals surface area contributed by atoms with Crippen LogP contribution >= 0.6 is 0 Å². The molecule has 0 saturated carbocycles. The zero-order valence-corrected chi connectivity index (χ0v) is 13.1. The van der Waals surface area contributed by atoms with E-state index in [9.17, 15) is 9.18 Å². The van der Waals surface area contributed by atoms with Crippen LogP contribution in [0, 0.1) is 5.82 Å². The van der Waals surface area contributed by atoms with Crippen LogP contribution in [0.5, 0.6) is 0 Å². The fraction of sp³-hybridized carbons (Fsp3) is 0.158. The molecule has 1 aliphatic heterocycles. The molecule has 1 N–H and O–H groups in total. The Kier molecular flexibility index (Phi) is 4.94. The molecule has 4 nitrogen and oxygen atoms in total. The fourth-order valence-corrected chi connectivity index (χ4v) is 2.44. The van der Waals surface area contributed by atoms with Crippen LogP contribution in [-0.4, -0.2) is 22.8 Å². The molecule has 24 heavy (non-hydrogen) atoms. The molecule has 0 unspecified atom stereocenters. The van der Waals surface area contributed by atoms with E-state index in [0.717, 1.165) is 36.1 Å². The van der Waals surface area contributed by atoms with E-state index in [1.807, 2.05) is 18.2 Å². The second-order valence-electron chi connectivity index (χ2n) is 5.47. The molecule has 5 heteroatoms. The van der Waals surface area contributed by atoms with E-state index in [4.69, 9.17) is 0 Å². The number of amidine groups is 1. The van der Waals surface area contributed by atoms with Gasteiger partial charge in [0.25, 0.3) is 0 Å². The number of benzene rings is 1. The highest BCUT2D eigenvalue weighted by Crippen LogP contribution is 2.06. The summed E-state index contributed by atoms with van der Waals surface area (Å²) in [4.78, 5) is 15.5. The van der Waals surface area contributed by atoms with Crippen molar-refractivity contribution in [3.05, 3.63) is 77.4 Å². The van der Waals surface area contributed by atoms with E-state index in [-0.39, 0.29) is 5.82 Å². The largest absolute Gasteiger partial charge is 0.379 e. The normalized spacial score (nSPS) is 13.1. The predicted octanol–water partition coefficient (Wildman–Crippen LogP) is 1.99. The molecule has 1 aromatic carbocycles.